The van der Waals surface area contributed by atoms with Crippen molar-refractivity contribution < 1.29 is 37.7 Å². The number of aliphatic hydroxyl groups excluding tert-OH is 2. The van der Waals surface area contributed by atoms with Gasteiger partial charge >= 0.3 is 0 Å². The highest BCUT2D eigenvalue weighted by molar-refractivity contribution is 5.94. The number of aromatic nitrogens is 1. The van der Waals surface area contributed by atoms with Gasteiger partial charge < -0.3 is 25.0 Å². The van der Waals surface area contributed by atoms with Crippen molar-refractivity contribution in [2.24, 2.45) is 0 Å². The second kappa shape index (κ2) is 12.2. The number of carbonyl (C=O) groups excluding carboxylic acids is 1. The first kappa shape index (κ1) is 24.6. The molecule has 0 aliphatic carbocycles. The van der Waals surface area contributed by atoms with Crippen molar-refractivity contribution in [3.8, 4) is 5.75 Å². The molecule has 31 heavy (non-hydrogen) atoms. The Kier molecular flexibility index (Phi) is 9.70. The van der Waals surface area contributed by atoms with Gasteiger partial charge in [-0.25, -0.2) is 8.78 Å². The summed E-state index contributed by atoms with van der Waals surface area (Å²) in [6.45, 7) is 0.572. The molecule has 1 amide bonds. The number of nitrogens with zero attached hydrogens (tertiary/aromatic N) is 1. The van der Waals surface area contributed by atoms with Crippen LogP contribution in [0.5, 0.6) is 5.75 Å². The van der Waals surface area contributed by atoms with Gasteiger partial charge in [-0.2, -0.15) is 4.39 Å². The van der Waals surface area contributed by atoms with Crippen molar-refractivity contribution in [3.63, 3.8) is 0 Å². The zero-order chi connectivity index (χ0) is 22.8. The van der Waals surface area contributed by atoms with E-state index in [1.807, 2.05) is 6.92 Å². The van der Waals surface area contributed by atoms with Crippen molar-refractivity contribution in [1.29, 1.82) is 0 Å². The molecule has 170 valence electrons. The van der Waals surface area contributed by atoms with Crippen LogP contribution in [0.1, 0.15) is 31.6 Å². The molecule has 1 aromatic carbocycles. The van der Waals surface area contributed by atoms with Crippen molar-refractivity contribution in [3.05, 3.63) is 53.9 Å². The summed E-state index contributed by atoms with van der Waals surface area (Å²) >= 11 is 0. The lowest BCUT2D eigenvalue weighted by Gasteiger charge is -2.12. The second-order valence-electron chi connectivity index (χ2n) is 6.76. The normalized spacial score (nSPS) is 18.6. The third kappa shape index (κ3) is 7.50. The van der Waals surface area contributed by atoms with Crippen molar-refractivity contribution >= 4 is 11.6 Å². The average molecular weight is 442 g/mol. The number of amides is 1. The molecular formula is C21H25F3N2O5. The molecule has 1 aromatic heterocycles. The summed E-state index contributed by atoms with van der Waals surface area (Å²) in [5.41, 5.74) is 0.910. The van der Waals surface area contributed by atoms with E-state index in [0.29, 0.717) is 11.4 Å². The molecule has 7 nitrogen and oxygen atoms in total. The van der Waals surface area contributed by atoms with Crippen LogP contribution in [0.15, 0.2) is 36.5 Å². The molecule has 1 saturated heterocycles. The highest BCUT2D eigenvalue weighted by atomic mass is 19.2. The Morgan fingerprint density at radius 3 is 2.68 bits per heavy atom. The highest BCUT2D eigenvalue weighted by Gasteiger charge is 2.28. The molecule has 2 heterocycles. The van der Waals surface area contributed by atoms with Crippen LogP contribution >= 0.6 is 0 Å². The fourth-order valence-electron chi connectivity index (χ4n) is 2.73. The molecule has 0 radical (unpaired) electrons. The summed E-state index contributed by atoms with van der Waals surface area (Å²) in [6, 6.07) is 6.71. The van der Waals surface area contributed by atoms with Gasteiger partial charge in [0.15, 0.2) is 11.6 Å². The number of carbonyl (C=O) groups is 1. The number of rotatable bonds is 7. The van der Waals surface area contributed by atoms with Crippen LogP contribution in [0, 0.1) is 11.6 Å². The number of ether oxygens (including phenoxy) is 2. The zero-order valence-electron chi connectivity index (χ0n) is 16.9. The van der Waals surface area contributed by atoms with Crippen LogP contribution in [0.4, 0.5) is 18.9 Å². The summed E-state index contributed by atoms with van der Waals surface area (Å²) in [5.74, 6) is -2.51. The molecule has 3 atom stereocenters. The van der Waals surface area contributed by atoms with Gasteiger partial charge in [0.05, 0.1) is 30.3 Å². The molecule has 1 fully saturated rings. The van der Waals surface area contributed by atoms with Crippen LogP contribution < -0.4 is 10.1 Å². The van der Waals surface area contributed by atoms with Crippen LogP contribution in [0.2, 0.25) is 0 Å². The Balaban J connectivity index is 0.000000245. The Labute approximate surface area is 177 Å². The number of pyridine rings is 1. The summed E-state index contributed by atoms with van der Waals surface area (Å²) in [4.78, 5) is 15.9. The maximum atomic E-state index is 12.7. The molecule has 3 unspecified atom stereocenters. The fourth-order valence-corrected chi connectivity index (χ4v) is 2.73. The minimum absolute atomic E-state index is 0.121. The van der Waals surface area contributed by atoms with E-state index in [0.717, 1.165) is 18.9 Å². The van der Waals surface area contributed by atoms with Gasteiger partial charge in [0.1, 0.15) is 25.5 Å². The summed E-state index contributed by atoms with van der Waals surface area (Å²) in [6.07, 6.45) is 1.78. The fraction of sp³-hybridized carbons (Fsp3) is 0.429. The van der Waals surface area contributed by atoms with Crippen molar-refractivity contribution in [2.45, 2.75) is 38.1 Å². The van der Waals surface area contributed by atoms with E-state index in [1.165, 1.54) is 18.3 Å². The summed E-state index contributed by atoms with van der Waals surface area (Å²) in [5, 5.41) is 20.9. The Morgan fingerprint density at radius 2 is 2.10 bits per heavy atom. The van der Waals surface area contributed by atoms with E-state index in [2.05, 4.69) is 15.0 Å². The molecule has 3 N–H and O–H groups in total. The topological polar surface area (TPSA) is 101 Å². The number of hydrogen-bond acceptors (Lipinski definition) is 6. The number of alkyl halides is 1. The third-order valence-electron chi connectivity index (χ3n) is 4.34. The van der Waals surface area contributed by atoms with Crippen LogP contribution in [-0.2, 0) is 9.53 Å². The molecule has 0 bridgehead atoms. The Morgan fingerprint density at radius 1 is 1.32 bits per heavy atom. The number of nitrogens with one attached hydrogen (secondary N) is 1. The third-order valence-corrected chi connectivity index (χ3v) is 4.34. The van der Waals surface area contributed by atoms with E-state index in [9.17, 15) is 23.1 Å². The molecule has 1 aliphatic heterocycles. The van der Waals surface area contributed by atoms with E-state index in [-0.39, 0.29) is 31.0 Å². The largest absolute Gasteiger partial charge is 0.488 e. The number of aliphatic hydroxyl groups is 2. The molecular weight excluding hydrogens is 417 g/mol. The summed E-state index contributed by atoms with van der Waals surface area (Å²) in [7, 11) is 0. The van der Waals surface area contributed by atoms with Crippen LogP contribution in [0.25, 0.3) is 0 Å². The van der Waals surface area contributed by atoms with Gasteiger partial charge in [0, 0.05) is 0 Å². The van der Waals surface area contributed by atoms with Gasteiger partial charge in [0.25, 0.3) is 5.91 Å². The maximum Gasteiger partial charge on any atom is 0.253 e. The van der Waals surface area contributed by atoms with E-state index in [1.54, 1.807) is 12.1 Å². The monoisotopic (exact) mass is 442 g/mol. The SMILES string of the molecule is CC1CCC(C(=O)Nc2ccc(C(O)CO)nc2)O1.FCCOc1cccc(F)c1F. The zero-order valence-corrected chi connectivity index (χ0v) is 16.9. The predicted molar refractivity (Wildman–Crippen MR) is 106 cm³/mol. The first-order chi connectivity index (χ1) is 14.8. The number of hydrogen-bond donors (Lipinski definition) is 3. The quantitative estimate of drug-likeness (QED) is 0.610. The standard InChI is InChI=1S/C13H18N2O4.C8H7F3O/c1-8-2-5-12(19-8)13(18)15-9-3-4-10(14-6-9)11(17)7-16;9-4-5-12-7-3-1-2-6(10)8(7)11/h3-4,6,8,11-12,16-17H,2,5,7H2,1H3,(H,15,18);1-3H,4-5H2. The van der Waals surface area contributed by atoms with Crippen LogP contribution in [-0.4, -0.2) is 53.2 Å². The lowest BCUT2D eigenvalue weighted by molar-refractivity contribution is -0.126. The highest BCUT2D eigenvalue weighted by Crippen LogP contribution is 2.21. The molecule has 2 aromatic rings. The van der Waals surface area contributed by atoms with E-state index < -0.39 is 30.5 Å². The lowest BCUT2D eigenvalue weighted by Crippen LogP contribution is -2.27. The molecule has 3 rings (SSSR count). The first-order valence-corrected chi connectivity index (χ1v) is 9.69. The van der Waals surface area contributed by atoms with Gasteiger partial charge in [0.2, 0.25) is 5.82 Å². The van der Waals surface area contributed by atoms with E-state index >= 15 is 0 Å². The summed E-state index contributed by atoms with van der Waals surface area (Å²) < 4.78 is 46.8. The number of anilines is 1. The number of halogens is 3. The first-order valence-electron chi connectivity index (χ1n) is 9.69. The maximum absolute atomic E-state index is 12.7. The molecule has 10 heteroatoms. The van der Waals surface area contributed by atoms with Gasteiger partial charge in [-0.15, -0.1) is 0 Å². The lowest BCUT2D eigenvalue weighted by atomic mass is 10.2. The van der Waals surface area contributed by atoms with Gasteiger partial charge in [-0.3, -0.25) is 9.78 Å². The minimum atomic E-state index is -1.08. The predicted octanol–water partition coefficient (Wildman–Crippen LogP) is 2.93. The van der Waals surface area contributed by atoms with Crippen LogP contribution in [0.3, 0.4) is 0 Å². The molecule has 0 spiro atoms. The Hall–Kier alpha value is -2.69. The van der Waals surface area contributed by atoms with Gasteiger partial charge in [-0.1, -0.05) is 6.07 Å². The van der Waals surface area contributed by atoms with E-state index in [4.69, 9.17) is 9.84 Å². The van der Waals surface area contributed by atoms with Crippen molar-refractivity contribution in [2.75, 3.05) is 25.2 Å². The Bertz CT molecular complexity index is 838. The second-order valence-corrected chi connectivity index (χ2v) is 6.76. The molecule has 1 aliphatic rings. The van der Waals surface area contributed by atoms with Gasteiger partial charge in [-0.05, 0) is 44.0 Å². The number of benzene rings is 1. The minimum Gasteiger partial charge on any atom is -0.488 e. The van der Waals surface area contributed by atoms with Crippen molar-refractivity contribution in [1.82, 2.24) is 4.98 Å². The smallest absolute Gasteiger partial charge is 0.253 e. The molecule has 0 saturated carbocycles. The average Bonchev–Trinajstić information content (AvgIpc) is 3.22.